The molecule has 4 heteroatoms. The van der Waals surface area contributed by atoms with E-state index in [9.17, 15) is 0 Å². The van der Waals surface area contributed by atoms with Crippen molar-refractivity contribution in [3.8, 4) is 0 Å². The summed E-state index contributed by atoms with van der Waals surface area (Å²) < 4.78 is 0. The zero-order valence-electron chi connectivity index (χ0n) is 10.4. The molecule has 0 saturated carbocycles. The Morgan fingerprint density at radius 1 is 1.50 bits per heavy atom. The average Bonchev–Trinajstić information content (AvgIpc) is 2.14. The Labute approximate surface area is 97.0 Å². The van der Waals surface area contributed by atoms with Crippen molar-refractivity contribution in [1.29, 1.82) is 0 Å². The van der Waals surface area contributed by atoms with Crippen molar-refractivity contribution in [3.63, 3.8) is 0 Å². The maximum Gasteiger partial charge on any atom is 0.189 e. The number of hydrogen-bond acceptors (Lipinski definition) is 2. The highest BCUT2D eigenvalue weighted by Crippen LogP contribution is 2.06. The topological polar surface area (TPSA) is 63.3 Å². The predicted molar refractivity (Wildman–Crippen MR) is 67.2 cm³/mol. The molecule has 0 aliphatic rings. The number of aromatic nitrogens is 1. The summed E-state index contributed by atoms with van der Waals surface area (Å²) in [6.07, 6.45) is 3.60. The number of nitrogens with two attached hydrogens (primary N) is 1. The molecular formula is C12H20N4. The summed E-state index contributed by atoms with van der Waals surface area (Å²) in [5.41, 5.74) is 8.01. The second-order valence-corrected chi connectivity index (χ2v) is 4.88. The summed E-state index contributed by atoms with van der Waals surface area (Å²) in [7, 11) is 0. The quantitative estimate of drug-likeness (QED) is 0.587. The molecule has 0 saturated heterocycles. The maximum absolute atomic E-state index is 5.78. The summed E-state index contributed by atoms with van der Waals surface area (Å²) in [4.78, 5) is 8.33. The molecule has 1 rings (SSSR count). The first-order chi connectivity index (χ1) is 7.38. The molecule has 0 aliphatic heterocycles. The normalized spacial score (nSPS) is 12.6. The summed E-state index contributed by atoms with van der Waals surface area (Å²) in [5.74, 6) is 0.476. The number of aryl methyl sites for hydroxylation is 1. The van der Waals surface area contributed by atoms with Gasteiger partial charge in [-0.1, -0.05) is 0 Å². The van der Waals surface area contributed by atoms with Gasteiger partial charge >= 0.3 is 0 Å². The highest BCUT2D eigenvalue weighted by Gasteiger charge is 2.09. The van der Waals surface area contributed by atoms with Crippen LogP contribution in [0.15, 0.2) is 23.5 Å². The molecule has 1 heterocycles. The van der Waals surface area contributed by atoms with Gasteiger partial charge in [0.15, 0.2) is 5.96 Å². The van der Waals surface area contributed by atoms with Crippen molar-refractivity contribution in [2.45, 2.75) is 39.8 Å². The third kappa shape index (κ3) is 4.29. The number of guanidine groups is 1. The zero-order valence-corrected chi connectivity index (χ0v) is 10.4. The molecule has 0 aliphatic carbocycles. The Kier molecular flexibility index (Phi) is 3.88. The van der Waals surface area contributed by atoms with Crippen LogP contribution in [0.3, 0.4) is 0 Å². The lowest BCUT2D eigenvalue weighted by molar-refractivity contribution is 0.508. The summed E-state index contributed by atoms with van der Waals surface area (Å²) in [6, 6.07) is 1.96. The minimum absolute atomic E-state index is 0.0547. The Morgan fingerprint density at radius 3 is 2.75 bits per heavy atom. The van der Waals surface area contributed by atoms with Crippen LogP contribution >= 0.6 is 0 Å². The number of hydrogen-bond donors (Lipinski definition) is 2. The van der Waals surface area contributed by atoms with E-state index in [-0.39, 0.29) is 5.54 Å². The molecule has 0 amide bonds. The van der Waals surface area contributed by atoms with E-state index < -0.39 is 0 Å². The van der Waals surface area contributed by atoms with Crippen LogP contribution in [0.5, 0.6) is 0 Å². The molecule has 1 aromatic heterocycles. The maximum atomic E-state index is 5.78. The van der Waals surface area contributed by atoms with Crippen molar-refractivity contribution in [3.05, 3.63) is 29.6 Å². The fourth-order valence-electron chi connectivity index (χ4n) is 1.27. The van der Waals surface area contributed by atoms with Gasteiger partial charge in [-0.05, 0) is 44.9 Å². The SMILES string of the molecule is Cc1cnccc1CN=C(N)NC(C)(C)C. The number of nitrogens with one attached hydrogen (secondary N) is 1. The third-order valence-corrected chi connectivity index (χ3v) is 2.06. The first kappa shape index (κ1) is 12.5. The van der Waals surface area contributed by atoms with E-state index in [0.29, 0.717) is 12.5 Å². The van der Waals surface area contributed by atoms with Crippen molar-refractivity contribution in [2.75, 3.05) is 0 Å². The van der Waals surface area contributed by atoms with Crippen LogP contribution < -0.4 is 11.1 Å². The van der Waals surface area contributed by atoms with E-state index in [1.54, 1.807) is 6.20 Å². The molecule has 88 valence electrons. The zero-order chi connectivity index (χ0) is 12.2. The molecule has 0 unspecified atom stereocenters. The fourth-order valence-corrected chi connectivity index (χ4v) is 1.27. The van der Waals surface area contributed by atoms with Gasteiger partial charge in [0, 0.05) is 17.9 Å². The molecule has 0 spiro atoms. The first-order valence-electron chi connectivity index (χ1n) is 5.36. The van der Waals surface area contributed by atoms with Gasteiger partial charge in [-0.3, -0.25) is 4.98 Å². The van der Waals surface area contributed by atoms with E-state index in [1.165, 1.54) is 0 Å². The second kappa shape index (κ2) is 4.96. The van der Waals surface area contributed by atoms with Crippen LogP contribution in [0.4, 0.5) is 0 Å². The minimum Gasteiger partial charge on any atom is -0.370 e. The Hall–Kier alpha value is -1.58. The molecule has 0 aromatic carbocycles. The lowest BCUT2D eigenvalue weighted by Gasteiger charge is -2.21. The van der Waals surface area contributed by atoms with Gasteiger partial charge in [-0.2, -0.15) is 0 Å². The molecule has 1 aromatic rings. The van der Waals surface area contributed by atoms with E-state index in [0.717, 1.165) is 11.1 Å². The number of nitrogens with zero attached hydrogens (tertiary/aromatic N) is 2. The van der Waals surface area contributed by atoms with Crippen LogP contribution in [0.2, 0.25) is 0 Å². The Bertz CT molecular complexity index is 377. The van der Waals surface area contributed by atoms with Crippen LogP contribution in [0.25, 0.3) is 0 Å². The monoisotopic (exact) mass is 220 g/mol. The average molecular weight is 220 g/mol. The van der Waals surface area contributed by atoms with Gasteiger partial charge in [-0.15, -0.1) is 0 Å². The van der Waals surface area contributed by atoms with E-state index in [4.69, 9.17) is 5.73 Å². The predicted octanol–water partition coefficient (Wildman–Crippen LogP) is 1.59. The van der Waals surface area contributed by atoms with Crippen LogP contribution in [0.1, 0.15) is 31.9 Å². The summed E-state index contributed by atoms with van der Waals surface area (Å²) in [5, 5.41) is 3.12. The lowest BCUT2D eigenvalue weighted by Crippen LogP contribution is -2.44. The van der Waals surface area contributed by atoms with Crippen LogP contribution in [-0.4, -0.2) is 16.5 Å². The van der Waals surface area contributed by atoms with Gasteiger partial charge in [0.1, 0.15) is 0 Å². The molecule has 0 fully saturated rings. The molecule has 4 nitrogen and oxygen atoms in total. The summed E-state index contributed by atoms with van der Waals surface area (Å²) in [6.45, 7) is 8.75. The standard InChI is InChI=1S/C12H20N4/c1-9-7-14-6-5-10(9)8-15-11(13)16-12(2,3)4/h5-7H,8H2,1-4H3,(H3,13,15,16). The smallest absolute Gasteiger partial charge is 0.189 e. The van der Waals surface area contributed by atoms with Crippen molar-refractivity contribution >= 4 is 5.96 Å². The molecule has 16 heavy (non-hydrogen) atoms. The van der Waals surface area contributed by atoms with Gasteiger partial charge in [0.05, 0.1) is 6.54 Å². The van der Waals surface area contributed by atoms with E-state index in [2.05, 4.69) is 15.3 Å². The van der Waals surface area contributed by atoms with E-state index >= 15 is 0 Å². The van der Waals surface area contributed by atoms with E-state index in [1.807, 2.05) is 40.0 Å². The molecule has 0 atom stereocenters. The van der Waals surface area contributed by atoms with Crippen molar-refractivity contribution in [2.24, 2.45) is 10.7 Å². The first-order valence-corrected chi connectivity index (χ1v) is 5.36. The minimum atomic E-state index is -0.0547. The van der Waals surface area contributed by atoms with Crippen molar-refractivity contribution in [1.82, 2.24) is 10.3 Å². The number of pyridine rings is 1. The number of aliphatic imine (C=N–C) groups is 1. The molecular weight excluding hydrogens is 200 g/mol. The highest BCUT2D eigenvalue weighted by atomic mass is 15.1. The van der Waals surface area contributed by atoms with Crippen molar-refractivity contribution < 1.29 is 0 Å². The van der Waals surface area contributed by atoms with Crippen LogP contribution in [0, 0.1) is 6.92 Å². The van der Waals surface area contributed by atoms with Crippen LogP contribution in [-0.2, 0) is 6.54 Å². The van der Waals surface area contributed by atoms with Gasteiger partial charge < -0.3 is 11.1 Å². The molecule has 0 bridgehead atoms. The van der Waals surface area contributed by atoms with Gasteiger partial charge in [0.25, 0.3) is 0 Å². The van der Waals surface area contributed by atoms with Gasteiger partial charge in [0.2, 0.25) is 0 Å². The van der Waals surface area contributed by atoms with Gasteiger partial charge in [-0.25, -0.2) is 4.99 Å². The third-order valence-electron chi connectivity index (χ3n) is 2.06. The second-order valence-electron chi connectivity index (χ2n) is 4.88. The Morgan fingerprint density at radius 2 is 2.19 bits per heavy atom. The molecule has 0 radical (unpaired) electrons. The Balaban J connectivity index is 2.63. The molecule has 3 N–H and O–H groups in total. The number of rotatable bonds is 2. The highest BCUT2D eigenvalue weighted by molar-refractivity contribution is 5.78. The fraction of sp³-hybridized carbons (Fsp3) is 0.500. The summed E-state index contributed by atoms with van der Waals surface area (Å²) >= 11 is 0. The lowest BCUT2D eigenvalue weighted by atomic mass is 10.1. The largest absolute Gasteiger partial charge is 0.370 e.